The molecule has 0 saturated heterocycles. The summed E-state index contributed by atoms with van der Waals surface area (Å²) in [5.41, 5.74) is 1.82. The molecule has 0 radical (unpaired) electrons. The van der Waals surface area contributed by atoms with E-state index in [0.29, 0.717) is 23.3 Å². The van der Waals surface area contributed by atoms with E-state index in [4.69, 9.17) is 0 Å². The van der Waals surface area contributed by atoms with Gasteiger partial charge in [-0.15, -0.1) is 0 Å². The minimum absolute atomic E-state index is 0.232. The van der Waals surface area contributed by atoms with Crippen LogP contribution in [0.1, 0.15) is 43.2 Å². The Morgan fingerprint density at radius 1 is 0.625 bits per heavy atom. The van der Waals surface area contributed by atoms with Gasteiger partial charge in [-0.3, -0.25) is 0 Å². The van der Waals surface area contributed by atoms with Crippen molar-refractivity contribution in [2.75, 3.05) is 0 Å². The van der Waals surface area contributed by atoms with E-state index >= 15 is 0 Å². The summed E-state index contributed by atoms with van der Waals surface area (Å²) in [7, 11) is 0. The van der Waals surface area contributed by atoms with Crippen molar-refractivity contribution in [3.8, 4) is 11.5 Å². The highest BCUT2D eigenvalue weighted by molar-refractivity contribution is 5.53. The molecule has 2 N–H and O–H groups in total. The fraction of sp³-hybridized carbons (Fsp3) is 0.455. The van der Waals surface area contributed by atoms with Crippen LogP contribution in [0.15, 0.2) is 48.5 Å². The van der Waals surface area contributed by atoms with E-state index in [1.807, 2.05) is 36.4 Å². The average molecular weight is 320 g/mol. The number of rotatable bonds is 2. The molecule has 0 aliphatic heterocycles. The molecule has 2 aromatic rings. The lowest BCUT2D eigenvalue weighted by Gasteiger charge is -2.62. The van der Waals surface area contributed by atoms with Crippen molar-refractivity contribution < 1.29 is 10.2 Å². The molecule has 0 unspecified atom stereocenters. The first-order chi connectivity index (χ1) is 11.7. The quantitative estimate of drug-likeness (QED) is 0.831. The van der Waals surface area contributed by atoms with Gasteiger partial charge >= 0.3 is 0 Å². The average Bonchev–Trinajstić information content (AvgIpc) is 2.57. The fourth-order valence-electron chi connectivity index (χ4n) is 6.60. The van der Waals surface area contributed by atoms with E-state index in [-0.39, 0.29) is 5.41 Å². The summed E-state index contributed by atoms with van der Waals surface area (Å²) in [5.74, 6) is 3.50. The summed E-state index contributed by atoms with van der Waals surface area (Å²) in [6, 6.07) is 15.6. The maximum absolute atomic E-state index is 10.7. The van der Waals surface area contributed by atoms with Gasteiger partial charge in [-0.1, -0.05) is 36.4 Å². The lowest BCUT2D eigenvalue weighted by molar-refractivity contribution is -0.0434. The molecule has 124 valence electrons. The monoisotopic (exact) mass is 320 g/mol. The number of phenolic OH excluding ortho intramolecular Hbond substituents is 2. The number of hydrogen-bond acceptors (Lipinski definition) is 2. The van der Waals surface area contributed by atoms with Crippen LogP contribution < -0.4 is 0 Å². The van der Waals surface area contributed by atoms with Gasteiger partial charge in [0, 0.05) is 16.5 Å². The van der Waals surface area contributed by atoms with Gasteiger partial charge in [0.25, 0.3) is 0 Å². The first kappa shape index (κ1) is 14.4. The molecular weight excluding hydrogens is 296 g/mol. The van der Waals surface area contributed by atoms with Crippen LogP contribution in [0.3, 0.4) is 0 Å². The Labute approximate surface area is 143 Å². The van der Waals surface area contributed by atoms with Crippen molar-refractivity contribution in [2.24, 2.45) is 23.7 Å². The van der Waals surface area contributed by atoms with Gasteiger partial charge in [-0.2, -0.15) is 0 Å². The van der Waals surface area contributed by atoms with Crippen LogP contribution in [0.4, 0.5) is 0 Å². The predicted molar refractivity (Wildman–Crippen MR) is 94.0 cm³/mol. The Morgan fingerprint density at radius 3 is 1.46 bits per heavy atom. The molecule has 0 amide bonds. The topological polar surface area (TPSA) is 40.5 Å². The number of benzene rings is 2. The Hall–Kier alpha value is -1.96. The van der Waals surface area contributed by atoms with E-state index < -0.39 is 0 Å². The largest absolute Gasteiger partial charge is 0.508 e. The third-order valence-corrected chi connectivity index (χ3v) is 7.13. The summed E-state index contributed by atoms with van der Waals surface area (Å²) in [6.45, 7) is 0. The van der Waals surface area contributed by atoms with Gasteiger partial charge < -0.3 is 10.2 Å². The molecule has 4 saturated carbocycles. The third kappa shape index (κ3) is 1.77. The molecule has 2 heteroatoms. The van der Waals surface area contributed by atoms with Crippen LogP contribution >= 0.6 is 0 Å². The Bertz CT molecular complexity index is 704. The normalized spacial score (nSPS) is 32.8. The molecule has 4 fully saturated rings. The van der Waals surface area contributed by atoms with Crippen molar-refractivity contribution in [3.63, 3.8) is 0 Å². The molecule has 4 bridgehead atoms. The molecule has 2 aromatic carbocycles. The predicted octanol–water partition coefficient (Wildman–Crippen LogP) is 4.84. The van der Waals surface area contributed by atoms with E-state index in [0.717, 1.165) is 23.0 Å². The SMILES string of the molecule is Oc1ccccc1C1(c2ccccc2O)C2CC3CC(C2)CC1C3. The first-order valence-corrected chi connectivity index (χ1v) is 9.26. The van der Waals surface area contributed by atoms with Crippen molar-refractivity contribution in [1.82, 2.24) is 0 Å². The molecule has 6 rings (SSSR count). The zero-order valence-corrected chi connectivity index (χ0v) is 13.9. The Morgan fingerprint density at radius 2 is 1.04 bits per heavy atom. The fourth-order valence-corrected chi connectivity index (χ4v) is 6.60. The highest BCUT2D eigenvalue weighted by Gasteiger charge is 2.59. The molecule has 24 heavy (non-hydrogen) atoms. The van der Waals surface area contributed by atoms with Crippen LogP contribution in [0.2, 0.25) is 0 Å². The van der Waals surface area contributed by atoms with Crippen LogP contribution in [0, 0.1) is 23.7 Å². The van der Waals surface area contributed by atoms with E-state index in [9.17, 15) is 10.2 Å². The molecule has 4 aliphatic rings. The van der Waals surface area contributed by atoms with Gasteiger partial charge in [0.15, 0.2) is 0 Å². The molecular formula is C22H24O2. The Balaban J connectivity index is 1.79. The molecule has 0 spiro atoms. The van der Waals surface area contributed by atoms with Crippen molar-refractivity contribution in [3.05, 3.63) is 59.7 Å². The standard InChI is InChI=1S/C22H24O2/c23-20-7-3-1-5-18(20)22(19-6-2-4-8-21(19)24)16-10-14-9-15(12-16)13-17(22)11-14/h1-8,14-17,23-24H,9-13H2. The van der Waals surface area contributed by atoms with E-state index in [2.05, 4.69) is 12.1 Å². The maximum atomic E-state index is 10.7. The van der Waals surface area contributed by atoms with Crippen LogP contribution in [0.25, 0.3) is 0 Å². The molecule has 0 aromatic heterocycles. The van der Waals surface area contributed by atoms with Crippen molar-refractivity contribution in [1.29, 1.82) is 0 Å². The second-order valence-corrected chi connectivity index (χ2v) is 8.21. The summed E-state index contributed by atoms with van der Waals surface area (Å²) in [5, 5.41) is 21.5. The van der Waals surface area contributed by atoms with Gasteiger partial charge in [-0.25, -0.2) is 0 Å². The van der Waals surface area contributed by atoms with Crippen molar-refractivity contribution >= 4 is 0 Å². The minimum atomic E-state index is -0.232. The lowest BCUT2D eigenvalue weighted by Crippen LogP contribution is -2.56. The molecule has 4 aliphatic carbocycles. The smallest absolute Gasteiger partial charge is 0.119 e. The van der Waals surface area contributed by atoms with Crippen LogP contribution in [0.5, 0.6) is 11.5 Å². The minimum Gasteiger partial charge on any atom is -0.508 e. The van der Waals surface area contributed by atoms with Crippen molar-refractivity contribution in [2.45, 2.75) is 37.5 Å². The first-order valence-electron chi connectivity index (χ1n) is 9.26. The number of para-hydroxylation sites is 2. The summed E-state index contributed by atoms with van der Waals surface area (Å²) in [4.78, 5) is 0. The van der Waals surface area contributed by atoms with E-state index in [1.54, 1.807) is 0 Å². The highest BCUT2D eigenvalue weighted by atomic mass is 16.3. The zero-order valence-electron chi connectivity index (χ0n) is 13.9. The highest BCUT2D eigenvalue weighted by Crippen LogP contribution is 2.66. The zero-order chi connectivity index (χ0) is 16.3. The van der Waals surface area contributed by atoms with Gasteiger partial charge in [0.2, 0.25) is 0 Å². The second kappa shape index (κ2) is 5.02. The Kier molecular flexibility index (Phi) is 3.01. The van der Waals surface area contributed by atoms with Gasteiger partial charge in [0.05, 0.1) is 0 Å². The van der Waals surface area contributed by atoms with Crippen LogP contribution in [-0.4, -0.2) is 10.2 Å². The van der Waals surface area contributed by atoms with Crippen LogP contribution in [-0.2, 0) is 5.41 Å². The van der Waals surface area contributed by atoms with Gasteiger partial charge in [-0.05, 0) is 67.9 Å². The number of aromatic hydroxyl groups is 2. The maximum Gasteiger partial charge on any atom is 0.119 e. The summed E-state index contributed by atoms with van der Waals surface area (Å²) >= 11 is 0. The number of phenols is 2. The van der Waals surface area contributed by atoms with Gasteiger partial charge in [0.1, 0.15) is 11.5 Å². The lowest BCUT2D eigenvalue weighted by atomic mass is 9.42. The molecule has 0 heterocycles. The summed E-state index contributed by atoms with van der Waals surface area (Å²) in [6.07, 6.45) is 6.32. The summed E-state index contributed by atoms with van der Waals surface area (Å²) < 4.78 is 0. The number of hydrogen-bond donors (Lipinski definition) is 2. The third-order valence-electron chi connectivity index (χ3n) is 7.13. The molecule has 0 atom stereocenters. The second-order valence-electron chi connectivity index (χ2n) is 8.21. The van der Waals surface area contributed by atoms with E-state index in [1.165, 1.54) is 32.1 Å². The molecule has 2 nitrogen and oxygen atoms in total.